The lowest BCUT2D eigenvalue weighted by Gasteiger charge is -2.04. The van der Waals surface area contributed by atoms with Crippen LogP contribution in [-0.4, -0.2) is 10.9 Å². The van der Waals surface area contributed by atoms with Crippen LogP contribution in [0.2, 0.25) is 0 Å². The minimum Gasteiger partial charge on any atom is -0.338 e. The first-order valence-corrected chi connectivity index (χ1v) is 2.98. The molecule has 0 aromatic heterocycles. The van der Waals surface area contributed by atoms with Crippen LogP contribution < -0.4 is 5.32 Å². The smallest absolute Gasteiger partial charge is 0.218 e. The van der Waals surface area contributed by atoms with Crippen molar-refractivity contribution in [1.82, 2.24) is 5.32 Å². The van der Waals surface area contributed by atoms with Crippen LogP contribution in [0.25, 0.3) is 0 Å². The second-order valence-electron chi connectivity index (χ2n) is 2.15. The number of alkyl halides is 1. The lowest BCUT2D eigenvalue weighted by atomic mass is 10.6. The van der Waals surface area contributed by atoms with Crippen LogP contribution in [0, 0.1) is 0 Å². The van der Waals surface area contributed by atoms with E-state index in [4.69, 9.17) is 11.6 Å². The summed E-state index contributed by atoms with van der Waals surface area (Å²) in [6.45, 7) is 1.47. The van der Waals surface area contributed by atoms with Crippen molar-refractivity contribution in [1.29, 1.82) is 0 Å². The number of rotatable bonds is 1. The summed E-state index contributed by atoms with van der Waals surface area (Å²) in [7, 11) is 0. The first-order chi connectivity index (χ1) is 3.62. The minimum absolute atomic E-state index is 0.0440. The van der Waals surface area contributed by atoms with E-state index >= 15 is 0 Å². The molecule has 0 spiro atoms. The number of nitrogens with one attached hydrogen (secondary N) is 1. The Morgan fingerprint density at radius 1 is 1.75 bits per heavy atom. The first kappa shape index (κ1) is 5.89. The predicted molar refractivity (Wildman–Crippen MR) is 31.6 cm³/mol. The van der Waals surface area contributed by atoms with Crippen molar-refractivity contribution in [3.8, 4) is 0 Å². The molecule has 0 unspecified atom stereocenters. The Labute approximate surface area is 53.2 Å². The topological polar surface area (TPSA) is 29.1 Å². The maximum atomic E-state index is 10.3. The Morgan fingerprint density at radius 2 is 2.25 bits per heavy atom. The number of hydrogen-bond donors (Lipinski definition) is 1. The molecule has 1 fully saturated rings. The lowest BCUT2D eigenvalue weighted by molar-refractivity contribution is -0.119. The van der Waals surface area contributed by atoms with Crippen molar-refractivity contribution >= 4 is 17.5 Å². The molecule has 1 amide bonds. The number of carbonyl (C=O) groups is 1. The summed E-state index contributed by atoms with van der Waals surface area (Å²) in [5.41, 5.74) is 0. The molecule has 46 valence electrons. The van der Waals surface area contributed by atoms with Crippen molar-refractivity contribution in [3.63, 3.8) is 0 Å². The highest BCUT2D eigenvalue weighted by Crippen LogP contribution is 2.39. The van der Waals surface area contributed by atoms with Crippen LogP contribution in [0.1, 0.15) is 19.8 Å². The highest BCUT2D eigenvalue weighted by molar-refractivity contribution is 6.26. The van der Waals surface area contributed by atoms with Gasteiger partial charge in [0.05, 0.1) is 0 Å². The fourth-order valence-electron chi connectivity index (χ4n) is 0.550. The fraction of sp³-hybridized carbons (Fsp3) is 0.800. The van der Waals surface area contributed by atoms with Crippen LogP contribution in [0.15, 0.2) is 0 Å². The lowest BCUT2D eigenvalue weighted by Crippen LogP contribution is -2.29. The van der Waals surface area contributed by atoms with Crippen molar-refractivity contribution in [2.45, 2.75) is 24.8 Å². The van der Waals surface area contributed by atoms with E-state index in [0.717, 1.165) is 12.8 Å². The van der Waals surface area contributed by atoms with Gasteiger partial charge in [0.1, 0.15) is 5.00 Å². The Morgan fingerprint density at radius 3 is 2.38 bits per heavy atom. The second-order valence-corrected chi connectivity index (χ2v) is 2.87. The largest absolute Gasteiger partial charge is 0.338 e. The molecule has 0 saturated heterocycles. The third kappa shape index (κ3) is 1.37. The summed E-state index contributed by atoms with van der Waals surface area (Å²) in [6, 6.07) is 0. The third-order valence-corrected chi connectivity index (χ3v) is 1.56. The van der Waals surface area contributed by atoms with E-state index in [1.165, 1.54) is 6.92 Å². The average Bonchev–Trinajstić information content (AvgIpc) is 2.17. The monoisotopic (exact) mass is 133 g/mol. The van der Waals surface area contributed by atoms with Crippen LogP contribution in [0.4, 0.5) is 0 Å². The summed E-state index contributed by atoms with van der Waals surface area (Å²) in [4.78, 5) is 9.95. The first-order valence-electron chi connectivity index (χ1n) is 2.60. The number of hydrogen-bond acceptors (Lipinski definition) is 1. The van der Waals surface area contributed by atoms with Gasteiger partial charge in [-0.25, -0.2) is 0 Å². The van der Waals surface area contributed by atoms with E-state index in [1.807, 2.05) is 0 Å². The molecule has 2 nitrogen and oxygen atoms in total. The molecule has 0 heterocycles. The molecule has 1 N–H and O–H groups in total. The molecule has 0 bridgehead atoms. The molecule has 0 aromatic rings. The molecule has 1 rings (SSSR count). The SMILES string of the molecule is CC(=O)NC1(Cl)CC1. The molecule has 0 aliphatic heterocycles. The molecule has 1 aliphatic carbocycles. The highest BCUT2D eigenvalue weighted by Gasteiger charge is 2.41. The van der Waals surface area contributed by atoms with Gasteiger partial charge >= 0.3 is 0 Å². The molecule has 0 atom stereocenters. The maximum absolute atomic E-state index is 10.3. The zero-order chi connectivity index (χ0) is 6.20. The van der Waals surface area contributed by atoms with Gasteiger partial charge in [-0.2, -0.15) is 0 Å². The Bertz CT molecular complexity index is 120. The van der Waals surface area contributed by atoms with Gasteiger partial charge in [0, 0.05) is 6.92 Å². The summed E-state index contributed by atoms with van der Waals surface area (Å²) in [5.74, 6) is -0.0440. The van der Waals surface area contributed by atoms with Gasteiger partial charge in [0.25, 0.3) is 0 Å². The van der Waals surface area contributed by atoms with Gasteiger partial charge in [-0.3, -0.25) is 4.79 Å². The van der Waals surface area contributed by atoms with E-state index in [0.29, 0.717) is 0 Å². The van der Waals surface area contributed by atoms with Crippen molar-refractivity contribution in [2.24, 2.45) is 0 Å². The molecule has 0 radical (unpaired) electrons. The molecule has 1 aliphatic rings. The number of carbonyl (C=O) groups excluding carboxylic acids is 1. The summed E-state index contributed by atoms with van der Waals surface area (Å²) < 4.78 is 0. The third-order valence-electron chi connectivity index (χ3n) is 1.09. The maximum Gasteiger partial charge on any atom is 0.218 e. The Balaban J connectivity index is 2.29. The summed E-state index contributed by atoms with van der Waals surface area (Å²) in [6.07, 6.45) is 1.82. The van der Waals surface area contributed by atoms with Gasteiger partial charge in [0.15, 0.2) is 0 Å². The van der Waals surface area contributed by atoms with Crippen LogP contribution in [0.3, 0.4) is 0 Å². The molecule has 3 heteroatoms. The van der Waals surface area contributed by atoms with Crippen molar-refractivity contribution in [2.75, 3.05) is 0 Å². The quantitative estimate of drug-likeness (QED) is 0.417. The van der Waals surface area contributed by atoms with Crippen LogP contribution in [0.5, 0.6) is 0 Å². The standard InChI is InChI=1S/C5H8ClNO/c1-4(8)7-5(6)2-3-5/h2-3H2,1H3,(H,7,8). The second kappa shape index (κ2) is 1.62. The van der Waals surface area contributed by atoms with Crippen molar-refractivity contribution in [3.05, 3.63) is 0 Å². The molecular formula is C5H8ClNO. The van der Waals surface area contributed by atoms with E-state index in [2.05, 4.69) is 5.32 Å². The van der Waals surface area contributed by atoms with E-state index < -0.39 is 0 Å². The number of halogens is 1. The summed E-state index contributed by atoms with van der Waals surface area (Å²) >= 11 is 5.71. The van der Waals surface area contributed by atoms with Gasteiger partial charge in [-0.05, 0) is 12.8 Å². The average molecular weight is 134 g/mol. The van der Waals surface area contributed by atoms with E-state index in [1.54, 1.807) is 0 Å². The predicted octanol–water partition coefficient (Wildman–Crippen LogP) is 0.851. The van der Waals surface area contributed by atoms with Gasteiger partial charge in [-0.1, -0.05) is 11.6 Å². The molecule has 1 saturated carbocycles. The highest BCUT2D eigenvalue weighted by atomic mass is 35.5. The Kier molecular flexibility index (Phi) is 1.19. The molecule has 0 aromatic carbocycles. The van der Waals surface area contributed by atoms with Crippen LogP contribution >= 0.6 is 11.6 Å². The Hall–Kier alpha value is -0.240. The summed E-state index contributed by atoms with van der Waals surface area (Å²) in [5, 5.41) is 2.62. The van der Waals surface area contributed by atoms with Crippen molar-refractivity contribution < 1.29 is 4.79 Å². The van der Waals surface area contributed by atoms with Gasteiger partial charge in [-0.15, -0.1) is 0 Å². The van der Waals surface area contributed by atoms with E-state index in [-0.39, 0.29) is 10.9 Å². The zero-order valence-electron chi connectivity index (χ0n) is 4.70. The normalized spacial score (nSPS) is 22.2. The van der Waals surface area contributed by atoms with Gasteiger partial charge < -0.3 is 5.32 Å². The number of amides is 1. The van der Waals surface area contributed by atoms with Crippen LogP contribution in [-0.2, 0) is 4.79 Å². The minimum atomic E-state index is -0.355. The fourth-order valence-corrected chi connectivity index (χ4v) is 0.778. The molecular weight excluding hydrogens is 126 g/mol. The molecule has 8 heavy (non-hydrogen) atoms. The van der Waals surface area contributed by atoms with Gasteiger partial charge in [0.2, 0.25) is 5.91 Å². The zero-order valence-corrected chi connectivity index (χ0v) is 5.46. The van der Waals surface area contributed by atoms with E-state index in [9.17, 15) is 4.79 Å².